The monoisotopic (exact) mass is 334 g/mol. The smallest absolute Gasteiger partial charge is 0.139 e. The zero-order chi connectivity index (χ0) is 17.5. The van der Waals surface area contributed by atoms with E-state index in [1.165, 1.54) is 27.5 Å². The average Bonchev–Trinajstić information content (AvgIpc) is 3.07. The van der Waals surface area contributed by atoms with Crippen LogP contribution in [0.3, 0.4) is 0 Å². The molecule has 0 bridgehead atoms. The van der Waals surface area contributed by atoms with Crippen molar-refractivity contribution in [1.29, 1.82) is 0 Å². The van der Waals surface area contributed by atoms with Gasteiger partial charge < -0.3 is 4.98 Å². The Hall–Kier alpha value is -3.39. The quantitative estimate of drug-likeness (QED) is 0.400. The summed E-state index contributed by atoms with van der Waals surface area (Å²) in [4.78, 5) is 8.44. The molecule has 124 valence electrons. The third-order valence-electron chi connectivity index (χ3n) is 4.90. The van der Waals surface area contributed by atoms with Gasteiger partial charge in [0, 0.05) is 21.9 Å². The van der Waals surface area contributed by atoms with Crippen LogP contribution in [0.25, 0.3) is 44.3 Å². The molecule has 0 amide bonds. The first-order valence-electron chi connectivity index (χ1n) is 8.83. The van der Waals surface area contributed by atoms with Gasteiger partial charge in [0.05, 0.1) is 5.69 Å². The SMILES string of the molecule is Cc1ccc(-c2cc(-c3ccccc3)c3c(n2)[nH]c2ccccc23)cc1. The van der Waals surface area contributed by atoms with Crippen molar-refractivity contribution >= 4 is 21.9 Å². The maximum absolute atomic E-state index is 4.94. The molecule has 3 aromatic carbocycles. The van der Waals surface area contributed by atoms with Crippen LogP contribution in [-0.2, 0) is 0 Å². The second-order valence-electron chi connectivity index (χ2n) is 6.68. The van der Waals surface area contributed by atoms with Gasteiger partial charge in [0.1, 0.15) is 5.65 Å². The van der Waals surface area contributed by atoms with E-state index in [9.17, 15) is 0 Å². The molecule has 2 heterocycles. The van der Waals surface area contributed by atoms with Crippen molar-refractivity contribution in [2.45, 2.75) is 6.92 Å². The lowest BCUT2D eigenvalue weighted by atomic mass is 9.98. The lowest BCUT2D eigenvalue weighted by Gasteiger charge is -2.08. The zero-order valence-electron chi connectivity index (χ0n) is 14.5. The Morgan fingerprint density at radius 2 is 1.46 bits per heavy atom. The van der Waals surface area contributed by atoms with Crippen LogP contribution in [0, 0.1) is 6.92 Å². The third-order valence-corrected chi connectivity index (χ3v) is 4.90. The fraction of sp³-hybridized carbons (Fsp3) is 0.0417. The summed E-state index contributed by atoms with van der Waals surface area (Å²) in [5.74, 6) is 0. The highest BCUT2D eigenvalue weighted by atomic mass is 14.9. The molecule has 5 rings (SSSR count). The van der Waals surface area contributed by atoms with Crippen molar-refractivity contribution < 1.29 is 0 Å². The Morgan fingerprint density at radius 1 is 0.731 bits per heavy atom. The number of aryl methyl sites for hydroxylation is 1. The lowest BCUT2D eigenvalue weighted by Crippen LogP contribution is -1.89. The number of aromatic nitrogens is 2. The Kier molecular flexibility index (Phi) is 3.36. The van der Waals surface area contributed by atoms with E-state index in [1.807, 2.05) is 0 Å². The van der Waals surface area contributed by atoms with E-state index in [4.69, 9.17) is 4.98 Å². The van der Waals surface area contributed by atoms with Gasteiger partial charge in [-0.05, 0) is 30.2 Å². The Labute approximate surface area is 152 Å². The molecule has 5 aromatic rings. The fourth-order valence-corrected chi connectivity index (χ4v) is 3.56. The highest BCUT2D eigenvalue weighted by Crippen LogP contribution is 2.36. The molecule has 26 heavy (non-hydrogen) atoms. The summed E-state index contributed by atoms with van der Waals surface area (Å²) in [5, 5.41) is 2.40. The molecule has 0 saturated heterocycles. The van der Waals surface area contributed by atoms with E-state index in [1.54, 1.807) is 0 Å². The first-order chi connectivity index (χ1) is 12.8. The Bertz CT molecular complexity index is 1220. The molecule has 0 atom stereocenters. The zero-order valence-corrected chi connectivity index (χ0v) is 14.5. The maximum atomic E-state index is 4.94. The number of nitrogens with zero attached hydrogens (tertiary/aromatic N) is 1. The minimum atomic E-state index is 0.933. The minimum absolute atomic E-state index is 0.933. The molecule has 0 radical (unpaired) electrons. The van der Waals surface area contributed by atoms with Gasteiger partial charge in [-0.15, -0.1) is 0 Å². The summed E-state index contributed by atoms with van der Waals surface area (Å²) in [6, 6.07) is 29.7. The molecule has 0 aliphatic carbocycles. The van der Waals surface area contributed by atoms with Gasteiger partial charge in [0.2, 0.25) is 0 Å². The molecular formula is C24H18N2. The topological polar surface area (TPSA) is 28.7 Å². The van der Waals surface area contributed by atoms with Gasteiger partial charge in [-0.3, -0.25) is 0 Å². The molecule has 2 aromatic heterocycles. The van der Waals surface area contributed by atoms with Gasteiger partial charge in [-0.25, -0.2) is 4.98 Å². The van der Waals surface area contributed by atoms with Crippen molar-refractivity contribution in [1.82, 2.24) is 9.97 Å². The molecule has 0 saturated carbocycles. The molecule has 0 unspecified atom stereocenters. The number of hydrogen-bond acceptors (Lipinski definition) is 1. The van der Waals surface area contributed by atoms with Crippen molar-refractivity contribution in [3.8, 4) is 22.4 Å². The summed E-state index contributed by atoms with van der Waals surface area (Å²) < 4.78 is 0. The Balaban J connectivity index is 1.87. The number of pyridine rings is 1. The number of rotatable bonds is 2. The molecule has 0 spiro atoms. The van der Waals surface area contributed by atoms with E-state index in [2.05, 4.69) is 96.8 Å². The molecule has 2 heteroatoms. The van der Waals surface area contributed by atoms with Crippen LogP contribution in [0.1, 0.15) is 5.56 Å². The standard InChI is InChI=1S/C24H18N2/c1-16-11-13-18(14-12-16)22-15-20(17-7-3-2-4-8-17)23-19-9-5-6-10-21(19)25-24(23)26-22/h2-15H,1H3,(H,25,26). The van der Waals surface area contributed by atoms with Crippen molar-refractivity contribution in [3.05, 3.63) is 90.5 Å². The normalized spacial score (nSPS) is 11.3. The first kappa shape index (κ1) is 14.9. The second kappa shape index (κ2) is 5.85. The number of H-pyrrole nitrogens is 1. The van der Waals surface area contributed by atoms with Gasteiger partial charge in [0.15, 0.2) is 0 Å². The van der Waals surface area contributed by atoms with Gasteiger partial charge in [-0.1, -0.05) is 78.4 Å². The maximum Gasteiger partial charge on any atom is 0.139 e. The summed E-state index contributed by atoms with van der Waals surface area (Å²) in [6.45, 7) is 2.10. The third kappa shape index (κ3) is 2.39. The molecule has 0 aliphatic heterocycles. The van der Waals surface area contributed by atoms with Crippen LogP contribution >= 0.6 is 0 Å². The first-order valence-corrected chi connectivity index (χ1v) is 8.83. The van der Waals surface area contributed by atoms with Crippen molar-refractivity contribution in [2.24, 2.45) is 0 Å². The fourth-order valence-electron chi connectivity index (χ4n) is 3.56. The van der Waals surface area contributed by atoms with Crippen molar-refractivity contribution in [2.75, 3.05) is 0 Å². The Morgan fingerprint density at radius 3 is 2.27 bits per heavy atom. The molecule has 1 N–H and O–H groups in total. The van der Waals surface area contributed by atoms with Gasteiger partial charge in [-0.2, -0.15) is 0 Å². The molecule has 0 fully saturated rings. The molecular weight excluding hydrogens is 316 g/mol. The van der Waals surface area contributed by atoms with Crippen LogP contribution in [0.2, 0.25) is 0 Å². The van der Waals surface area contributed by atoms with Gasteiger partial charge in [0.25, 0.3) is 0 Å². The van der Waals surface area contributed by atoms with Crippen LogP contribution < -0.4 is 0 Å². The summed E-state index contributed by atoms with van der Waals surface area (Å²) in [6.07, 6.45) is 0. The highest BCUT2D eigenvalue weighted by Gasteiger charge is 2.14. The second-order valence-corrected chi connectivity index (χ2v) is 6.68. The number of aromatic amines is 1. The van der Waals surface area contributed by atoms with E-state index in [0.717, 1.165) is 22.4 Å². The van der Waals surface area contributed by atoms with Gasteiger partial charge >= 0.3 is 0 Å². The summed E-state index contributed by atoms with van der Waals surface area (Å²) in [5.41, 5.74) is 7.85. The lowest BCUT2D eigenvalue weighted by molar-refractivity contribution is 1.34. The number of para-hydroxylation sites is 1. The number of nitrogens with one attached hydrogen (secondary N) is 1. The predicted octanol–water partition coefficient (Wildman–Crippen LogP) is 6.36. The largest absolute Gasteiger partial charge is 0.339 e. The van der Waals surface area contributed by atoms with Crippen LogP contribution in [0.15, 0.2) is 84.9 Å². The number of hydrogen-bond donors (Lipinski definition) is 1. The molecule has 0 aliphatic rings. The van der Waals surface area contributed by atoms with E-state index < -0.39 is 0 Å². The summed E-state index contributed by atoms with van der Waals surface area (Å²) in [7, 11) is 0. The van der Waals surface area contributed by atoms with E-state index >= 15 is 0 Å². The van der Waals surface area contributed by atoms with Crippen LogP contribution in [0.4, 0.5) is 0 Å². The number of benzene rings is 3. The average molecular weight is 334 g/mol. The predicted molar refractivity (Wildman–Crippen MR) is 109 cm³/mol. The van der Waals surface area contributed by atoms with Crippen LogP contribution in [0.5, 0.6) is 0 Å². The van der Waals surface area contributed by atoms with E-state index in [-0.39, 0.29) is 0 Å². The minimum Gasteiger partial charge on any atom is -0.339 e. The summed E-state index contributed by atoms with van der Waals surface area (Å²) >= 11 is 0. The highest BCUT2D eigenvalue weighted by molar-refractivity contribution is 6.13. The van der Waals surface area contributed by atoms with Crippen molar-refractivity contribution in [3.63, 3.8) is 0 Å². The van der Waals surface area contributed by atoms with Crippen LogP contribution in [-0.4, -0.2) is 9.97 Å². The van der Waals surface area contributed by atoms with E-state index in [0.29, 0.717) is 0 Å². The number of fused-ring (bicyclic) bond motifs is 3. The molecule has 2 nitrogen and oxygen atoms in total.